The Balaban J connectivity index is 0.00000264. The fourth-order valence-corrected chi connectivity index (χ4v) is 2.95. The van der Waals surface area contributed by atoms with Crippen LogP contribution in [-0.4, -0.2) is 24.7 Å². The molecule has 0 aliphatic heterocycles. The zero-order valence-corrected chi connectivity index (χ0v) is 13.5. The Kier molecular flexibility index (Phi) is 6.98. The molecule has 0 unspecified atom stereocenters. The van der Waals surface area contributed by atoms with Crippen molar-refractivity contribution in [3.63, 3.8) is 0 Å². The highest BCUT2D eigenvalue weighted by molar-refractivity contribution is 5.85. The SMILES string of the molecule is COc1ccc(OC(F)(F)F)cc1[C@H](N)[C@H](O)C1CCCC1.Cl. The monoisotopic (exact) mass is 355 g/mol. The summed E-state index contributed by atoms with van der Waals surface area (Å²) in [6.45, 7) is 0. The molecular weight excluding hydrogens is 335 g/mol. The van der Waals surface area contributed by atoms with E-state index in [1.54, 1.807) is 0 Å². The predicted molar refractivity (Wildman–Crippen MR) is 81.8 cm³/mol. The van der Waals surface area contributed by atoms with Crippen LogP contribution < -0.4 is 15.2 Å². The highest BCUT2D eigenvalue weighted by Gasteiger charge is 2.33. The van der Waals surface area contributed by atoms with E-state index in [2.05, 4.69) is 4.74 Å². The number of rotatable bonds is 5. The van der Waals surface area contributed by atoms with Crippen molar-refractivity contribution in [1.29, 1.82) is 0 Å². The van der Waals surface area contributed by atoms with Crippen LogP contribution in [0.15, 0.2) is 18.2 Å². The predicted octanol–water partition coefficient (Wildman–Crippen LogP) is 3.57. The lowest BCUT2D eigenvalue weighted by Crippen LogP contribution is -2.32. The van der Waals surface area contributed by atoms with Gasteiger partial charge >= 0.3 is 6.36 Å². The van der Waals surface area contributed by atoms with E-state index in [4.69, 9.17) is 10.5 Å². The van der Waals surface area contributed by atoms with Crippen molar-refractivity contribution >= 4 is 12.4 Å². The Morgan fingerprint density at radius 2 is 1.87 bits per heavy atom. The first kappa shape index (κ1) is 19.9. The van der Waals surface area contributed by atoms with E-state index in [0.717, 1.165) is 31.7 Å². The lowest BCUT2D eigenvalue weighted by atomic mass is 9.90. The first-order valence-corrected chi connectivity index (χ1v) is 7.19. The van der Waals surface area contributed by atoms with E-state index in [1.165, 1.54) is 19.2 Å². The Morgan fingerprint density at radius 1 is 1.26 bits per heavy atom. The van der Waals surface area contributed by atoms with E-state index >= 15 is 0 Å². The van der Waals surface area contributed by atoms with Crippen LogP contribution in [0.25, 0.3) is 0 Å². The number of halogens is 4. The lowest BCUT2D eigenvalue weighted by Gasteiger charge is -2.26. The second-order valence-electron chi connectivity index (χ2n) is 5.51. The normalized spacial score (nSPS) is 18.2. The maximum absolute atomic E-state index is 12.3. The summed E-state index contributed by atoms with van der Waals surface area (Å²) in [5, 5.41) is 10.4. The average Bonchev–Trinajstić information content (AvgIpc) is 2.98. The molecule has 2 atom stereocenters. The standard InChI is InChI=1S/C15H20F3NO3.ClH/c1-21-12-7-6-10(22-15(16,17)18)8-11(12)13(19)14(20)9-4-2-3-5-9;/h6-9,13-14,20H,2-5,19H2,1H3;1H/t13-,14+;/m0./s1. The molecule has 3 N–H and O–H groups in total. The Labute approximate surface area is 139 Å². The molecule has 8 heteroatoms. The molecule has 0 bridgehead atoms. The topological polar surface area (TPSA) is 64.7 Å². The van der Waals surface area contributed by atoms with Crippen molar-refractivity contribution in [2.45, 2.75) is 44.2 Å². The summed E-state index contributed by atoms with van der Waals surface area (Å²) in [5.74, 6) is 0.0170. The molecule has 1 fully saturated rings. The number of nitrogens with two attached hydrogens (primary N) is 1. The van der Waals surface area contributed by atoms with Gasteiger partial charge in [0.05, 0.1) is 19.3 Å². The van der Waals surface area contributed by atoms with Gasteiger partial charge in [-0.2, -0.15) is 0 Å². The molecule has 4 nitrogen and oxygen atoms in total. The Morgan fingerprint density at radius 3 is 2.39 bits per heavy atom. The van der Waals surface area contributed by atoms with Crippen LogP contribution in [0.2, 0.25) is 0 Å². The number of hydrogen-bond acceptors (Lipinski definition) is 4. The van der Waals surface area contributed by atoms with Crippen molar-refractivity contribution in [3.05, 3.63) is 23.8 Å². The quantitative estimate of drug-likeness (QED) is 0.847. The summed E-state index contributed by atoms with van der Waals surface area (Å²) in [5.41, 5.74) is 6.37. The van der Waals surface area contributed by atoms with Gasteiger partial charge in [-0.1, -0.05) is 12.8 Å². The van der Waals surface area contributed by atoms with Crippen LogP contribution in [0, 0.1) is 5.92 Å². The van der Waals surface area contributed by atoms with Gasteiger partial charge in [0.2, 0.25) is 0 Å². The maximum atomic E-state index is 12.3. The molecule has 132 valence electrons. The maximum Gasteiger partial charge on any atom is 0.573 e. The Hall–Kier alpha value is -1.18. The molecule has 2 rings (SSSR count). The molecule has 0 aromatic heterocycles. The molecule has 0 amide bonds. The first-order chi connectivity index (χ1) is 10.3. The molecular formula is C15H21ClF3NO3. The largest absolute Gasteiger partial charge is 0.573 e. The van der Waals surface area contributed by atoms with Crippen molar-refractivity contribution < 1.29 is 27.8 Å². The van der Waals surface area contributed by atoms with Crippen molar-refractivity contribution in [1.82, 2.24) is 0 Å². The molecule has 0 spiro atoms. The molecule has 23 heavy (non-hydrogen) atoms. The zero-order chi connectivity index (χ0) is 16.3. The van der Waals surface area contributed by atoms with Gasteiger partial charge in [-0.15, -0.1) is 25.6 Å². The average molecular weight is 356 g/mol. The van der Waals surface area contributed by atoms with Crippen LogP contribution in [0.5, 0.6) is 11.5 Å². The van der Waals surface area contributed by atoms with Crippen LogP contribution in [0.4, 0.5) is 13.2 Å². The van der Waals surface area contributed by atoms with Crippen molar-refractivity contribution in [2.24, 2.45) is 11.7 Å². The third-order valence-corrected chi connectivity index (χ3v) is 4.04. The highest BCUT2D eigenvalue weighted by Crippen LogP contribution is 2.37. The molecule has 0 saturated heterocycles. The van der Waals surface area contributed by atoms with E-state index in [9.17, 15) is 18.3 Å². The third kappa shape index (κ3) is 5.16. The van der Waals surface area contributed by atoms with Gasteiger partial charge in [-0.25, -0.2) is 0 Å². The number of benzene rings is 1. The van der Waals surface area contributed by atoms with Gasteiger partial charge in [-0.05, 0) is 37.0 Å². The van der Waals surface area contributed by atoms with Crippen LogP contribution in [0.3, 0.4) is 0 Å². The summed E-state index contributed by atoms with van der Waals surface area (Å²) < 4.78 is 46.0. The molecule has 0 radical (unpaired) electrons. The zero-order valence-electron chi connectivity index (χ0n) is 12.7. The summed E-state index contributed by atoms with van der Waals surface area (Å²) in [7, 11) is 1.40. The van der Waals surface area contributed by atoms with Crippen molar-refractivity contribution in [3.8, 4) is 11.5 Å². The number of ether oxygens (including phenoxy) is 2. The van der Waals surface area contributed by atoms with E-state index in [1.807, 2.05) is 0 Å². The number of methoxy groups -OCH3 is 1. The van der Waals surface area contributed by atoms with Gasteiger partial charge < -0.3 is 20.3 Å². The molecule has 1 saturated carbocycles. The van der Waals surface area contributed by atoms with Crippen LogP contribution in [0.1, 0.15) is 37.3 Å². The molecule has 1 aromatic carbocycles. The fourth-order valence-electron chi connectivity index (χ4n) is 2.95. The van der Waals surface area contributed by atoms with Gasteiger partial charge in [0, 0.05) is 5.56 Å². The molecule has 1 aliphatic carbocycles. The lowest BCUT2D eigenvalue weighted by molar-refractivity contribution is -0.274. The molecule has 1 aromatic rings. The van der Waals surface area contributed by atoms with Crippen molar-refractivity contribution in [2.75, 3.05) is 7.11 Å². The minimum absolute atomic E-state index is 0. The van der Waals surface area contributed by atoms with E-state index in [-0.39, 0.29) is 24.1 Å². The molecule has 0 heterocycles. The Bertz CT molecular complexity index is 507. The number of aliphatic hydroxyl groups is 1. The summed E-state index contributed by atoms with van der Waals surface area (Å²) in [6, 6.07) is 2.87. The van der Waals surface area contributed by atoms with Crippen LogP contribution >= 0.6 is 12.4 Å². The highest BCUT2D eigenvalue weighted by atomic mass is 35.5. The first-order valence-electron chi connectivity index (χ1n) is 7.19. The summed E-state index contributed by atoms with van der Waals surface area (Å²) >= 11 is 0. The van der Waals surface area contributed by atoms with E-state index in [0.29, 0.717) is 11.3 Å². The van der Waals surface area contributed by atoms with Gasteiger partial charge in [0.25, 0.3) is 0 Å². The van der Waals surface area contributed by atoms with Crippen LogP contribution in [-0.2, 0) is 0 Å². The fraction of sp³-hybridized carbons (Fsp3) is 0.600. The number of alkyl halides is 3. The number of aliphatic hydroxyl groups excluding tert-OH is 1. The minimum atomic E-state index is -4.78. The second-order valence-corrected chi connectivity index (χ2v) is 5.51. The smallest absolute Gasteiger partial charge is 0.496 e. The van der Waals surface area contributed by atoms with E-state index < -0.39 is 18.5 Å². The molecule has 1 aliphatic rings. The van der Waals surface area contributed by atoms with Gasteiger partial charge in [0.1, 0.15) is 11.5 Å². The van der Waals surface area contributed by atoms with Gasteiger partial charge in [-0.3, -0.25) is 0 Å². The minimum Gasteiger partial charge on any atom is -0.496 e. The third-order valence-electron chi connectivity index (χ3n) is 4.04. The summed E-state index contributed by atoms with van der Waals surface area (Å²) in [6.07, 6.45) is -1.80. The summed E-state index contributed by atoms with van der Waals surface area (Å²) in [4.78, 5) is 0. The second kappa shape index (κ2) is 8.08. The van der Waals surface area contributed by atoms with Gasteiger partial charge in [0.15, 0.2) is 0 Å². The number of hydrogen-bond donors (Lipinski definition) is 2.